The molecular formula is C11H11ClFN5O2. The highest BCUT2D eigenvalue weighted by Gasteiger charge is 2.21. The van der Waals surface area contributed by atoms with Crippen LogP contribution >= 0.6 is 11.6 Å². The van der Waals surface area contributed by atoms with Crippen molar-refractivity contribution in [3.63, 3.8) is 0 Å². The number of nitrogens with one attached hydrogen (secondary N) is 1. The molecule has 0 aliphatic carbocycles. The monoisotopic (exact) mass is 299 g/mol. The Balaban J connectivity index is 2.36. The van der Waals surface area contributed by atoms with Gasteiger partial charge >= 0.3 is 0 Å². The number of halogens is 2. The molecule has 0 amide bonds. The van der Waals surface area contributed by atoms with Crippen molar-refractivity contribution in [2.24, 2.45) is 7.05 Å². The summed E-state index contributed by atoms with van der Waals surface area (Å²) in [4.78, 5) is 10.3. The van der Waals surface area contributed by atoms with Crippen LogP contribution in [0.5, 0.6) is 0 Å². The number of nitro benzene ring substituents is 1. The van der Waals surface area contributed by atoms with Crippen LogP contribution in [-0.2, 0) is 7.05 Å². The molecule has 1 heterocycles. The maximum atomic E-state index is 13.3. The van der Waals surface area contributed by atoms with E-state index in [4.69, 9.17) is 11.6 Å². The van der Waals surface area contributed by atoms with Crippen LogP contribution in [0.15, 0.2) is 18.5 Å². The molecule has 0 aliphatic heterocycles. The average Bonchev–Trinajstić information content (AvgIpc) is 2.79. The summed E-state index contributed by atoms with van der Waals surface area (Å²) in [5.41, 5.74) is -0.266. The molecule has 0 spiro atoms. The van der Waals surface area contributed by atoms with Crippen LogP contribution in [0.2, 0.25) is 5.02 Å². The minimum atomic E-state index is -0.838. The summed E-state index contributed by atoms with van der Waals surface area (Å²) in [6, 6.07) is 1.61. The second kappa shape index (κ2) is 5.41. The van der Waals surface area contributed by atoms with Crippen molar-refractivity contribution in [3.8, 4) is 0 Å². The van der Waals surface area contributed by atoms with Crippen LogP contribution in [-0.4, -0.2) is 19.7 Å². The Labute approximate surface area is 118 Å². The van der Waals surface area contributed by atoms with E-state index in [2.05, 4.69) is 15.5 Å². The molecule has 0 fully saturated rings. The molecule has 0 saturated carbocycles. The number of aromatic nitrogens is 3. The van der Waals surface area contributed by atoms with Crippen molar-refractivity contribution in [1.82, 2.24) is 14.8 Å². The molecule has 1 aromatic heterocycles. The van der Waals surface area contributed by atoms with E-state index in [0.29, 0.717) is 5.82 Å². The summed E-state index contributed by atoms with van der Waals surface area (Å²) in [5.74, 6) is -0.255. The molecule has 20 heavy (non-hydrogen) atoms. The van der Waals surface area contributed by atoms with Crippen molar-refractivity contribution in [2.45, 2.75) is 13.0 Å². The van der Waals surface area contributed by atoms with E-state index < -0.39 is 10.7 Å². The lowest BCUT2D eigenvalue weighted by Crippen LogP contribution is -2.13. The molecule has 0 saturated heterocycles. The smallest absolute Gasteiger partial charge is 0.295 e. The molecule has 1 aromatic carbocycles. The predicted octanol–water partition coefficient (Wildman–Crippen LogP) is 2.69. The van der Waals surface area contributed by atoms with Crippen LogP contribution < -0.4 is 5.32 Å². The van der Waals surface area contributed by atoms with E-state index in [1.807, 2.05) is 0 Å². The third kappa shape index (κ3) is 2.69. The third-order valence-electron chi connectivity index (χ3n) is 2.74. The first-order valence-electron chi connectivity index (χ1n) is 5.64. The van der Waals surface area contributed by atoms with Gasteiger partial charge in [-0.3, -0.25) is 10.1 Å². The molecular weight excluding hydrogens is 289 g/mol. The Morgan fingerprint density at radius 1 is 1.55 bits per heavy atom. The van der Waals surface area contributed by atoms with Gasteiger partial charge in [0, 0.05) is 7.05 Å². The third-order valence-corrected chi connectivity index (χ3v) is 3.03. The van der Waals surface area contributed by atoms with Gasteiger partial charge in [0.15, 0.2) is 5.82 Å². The fraction of sp³-hybridized carbons (Fsp3) is 0.273. The van der Waals surface area contributed by atoms with Gasteiger partial charge in [-0.1, -0.05) is 11.6 Å². The van der Waals surface area contributed by atoms with Crippen molar-refractivity contribution >= 4 is 23.0 Å². The Kier molecular flexibility index (Phi) is 3.84. The quantitative estimate of drug-likeness (QED) is 0.693. The maximum absolute atomic E-state index is 13.3. The van der Waals surface area contributed by atoms with Crippen LogP contribution in [0.4, 0.5) is 15.8 Å². The van der Waals surface area contributed by atoms with Gasteiger partial charge in [0.25, 0.3) is 5.69 Å². The van der Waals surface area contributed by atoms with E-state index in [0.717, 1.165) is 6.07 Å². The Hall–Kier alpha value is -2.22. The van der Waals surface area contributed by atoms with E-state index in [-0.39, 0.29) is 22.4 Å². The molecule has 7 nitrogen and oxygen atoms in total. The number of rotatable bonds is 4. The normalized spacial score (nSPS) is 12.2. The molecule has 1 unspecified atom stereocenters. The molecule has 106 valence electrons. The highest BCUT2D eigenvalue weighted by Crippen LogP contribution is 2.32. The molecule has 0 aliphatic rings. The number of aryl methyl sites for hydroxylation is 1. The summed E-state index contributed by atoms with van der Waals surface area (Å²) in [6.45, 7) is 1.75. The number of hydrogen-bond acceptors (Lipinski definition) is 5. The molecule has 0 radical (unpaired) electrons. The molecule has 2 aromatic rings. The molecule has 2 rings (SSSR count). The molecule has 1 N–H and O–H groups in total. The largest absolute Gasteiger partial charge is 0.370 e. The average molecular weight is 300 g/mol. The van der Waals surface area contributed by atoms with Gasteiger partial charge < -0.3 is 9.88 Å². The summed E-state index contributed by atoms with van der Waals surface area (Å²) in [5, 5.41) is 21.3. The number of anilines is 1. The first kappa shape index (κ1) is 14.2. The highest BCUT2D eigenvalue weighted by atomic mass is 35.5. The Morgan fingerprint density at radius 3 is 2.80 bits per heavy atom. The van der Waals surface area contributed by atoms with Gasteiger partial charge in [-0.2, -0.15) is 0 Å². The second-order valence-corrected chi connectivity index (χ2v) is 4.61. The standard InChI is InChI=1S/C11H11ClFN5O2/c1-6(11-16-14-5-17(11)2)15-9-3-7(12)8(13)4-10(9)18(19)20/h3-6,15H,1-2H3. The zero-order valence-corrected chi connectivity index (χ0v) is 11.4. The lowest BCUT2D eigenvalue weighted by atomic mass is 10.2. The SMILES string of the molecule is CC(Nc1cc(Cl)c(F)cc1[N+](=O)[O-])c1nncn1C. The maximum Gasteiger partial charge on any atom is 0.295 e. The molecule has 0 bridgehead atoms. The topological polar surface area (TPSA) is 85.9 Å². The first-order chi connectivity index (χ1) is 9.40. The van der Waals surface area contributed by atoms with Gasteiger partial charge in [0.05, 0.1) is 22.1 Å². The highest BCUT2D eigenvalue weighted by molar-refractivity contribution is 6.31. The second-order valence-electron chi connectivity index (χ2n) is 4.21. The van der Waals surface area contributed by atoms with Gasteiger partial charge in [0.2, 0.25) is 0 Å². The summed E-state index contributed by atoms with van der Waals surface area (Å²) >= 11 is 5.66. The van der Waals surface area contributed by atoms with E-state index >= 15 is 0 Å². The minimum Gasteiger partial charge on any atom is -0.370 e. The van der Waals surface area contributed by atoms with Crippen LogP contribution in [0.3, 0.4) is 0 Å². The van der Waals surface area contributed by atoms with Gasteiger partial charge in [-0.05, 0) is 13.0 Å². The Bertz CT molecular complexity index is 660. The number of nitro groups is 1. The molecule has 9 heteroatoms. The minimum absolute atomic E-state index is 0.122. The van der Waals surface area contributed by atoms with Gasteiger partial charge in [-0.15, -0.1) is 10.2 Å². The number of hydrogen-bond donors (Lipinski definition) is 1. The van der Waals surface area contributed by atoms with Gasteiger partial charge in [-0.25, -0.2) is 4.39 Å². The Morgan fingerprint density at radius 2 is 2.25 bits per heavy atom. The van der Waals surface area contributed by atoms with E-state index in [9.17, 15) is 14.5 Å². The zero-order chi connectivity index (χ0) is 14.9. The van der Waals surface area contributed by atoms with Crippen LogP contribution in [0.1, 0.15) is 18.8 Å². The summed E-state index contributed by atoms with van der Waals surface area (Å²) < 4.78 is 15.0. The van der Waals surface area contributed by atoms with Crippen molar-refractivity contribution in [3.05, 3.63) is 45.2 Å². The summed E-state index contributed by atoms with van der Waals surface area (Å²) in [6.07, 6.45) is 1.51. The fourth-order valence-electron chi connectivity index (χ4n) is 1.78. The van der Waals surface area contributed by atoms with E-state index in [1.165, 1.54) is 12.4 Å². The lowest BCUT2D eigenvalue weighted by molar-refractivity contribution is -0.384. The van der Waals surface area contributed by atoms with Crippen LogP contribution in [0, 0.1) is 15.9 Å². The summed E-state index contributed by atoms with van der Waals surface area (Å²) in [7, 11) is 1.75. The first-order valence-corrected chi connectivity index (χ1v) is 6.01. The lowest BCUT2D eigenvalue weighted by Gasteiger charge is -2.14. The molecule has 1 atom stereocenters. The number of benzene rings is 1. The van der Waals surface area contributed by atoms with Crippen LogP contribution in [0.25, 0.3) is 0 Å². The van der Waals surface area contributed by atoms with Crippen molar-refractivity contribution in [2.75, 3.05) is 5.32 Å². The van der Waals surface area contributed by atoms with Crippen molar-refractivity contribution < 1.29 is 9.31 Å². The fourth-order valence-corrected chi connectivity index (χ4v) is 1.95. The number of nitrogens with zero attached hydrogens (tertiary/aromatic N) is 4. The zero-order valence-electron chi connectivity index (χ0n) is 10.7. The van der Waals surface area contributed by atoms with Crippen molar-refractivity contribution in [1.29, 1.82) is 0 Å². The van der Waals surface area contributed by atoms with E-state index in [1.54, 1.807) is 18.5 Å². The van der Waals surface area contributed by atoms with Gasteiger partial charge in [0.1, 0.15) is 17.8 Å². The predicted molar refractivity (Wildman–Crippen MR) is 71.1 cm³/mol.